The van der Waals surface area contributed by atoms with Gasteiger partial charge in [-0.15, -0.1) is 0 Å². The highest BCUT2D eigenvalue weighted by molar-refractivity contribution is 5.91. The number of amides is 1. The van der Waals surface area contributed by atoms with Crippen molar-refractivity contribution in [3.05, 3.63) is 65.0 Å². The molecule has 1 aromatic heterocycles. The number of rotatable bonds is 7. The van der Waals surface area contributed by atoms with Gasteiger partial charge in [0.1, 0.15) is 5.75 Å². The Morgan fingerprint density at radius 1 is 1.10 bits per heavy atom. The summed E-state index contributed by atoms with van der Waals surface area (Å²) in [6.45, 7) is 0.529. The smallest absolute Gasteiger partial charge is 0.266 e. The van der Waals surface area contributed by atoms with Gasteiger partial charge in [0.25, 0.3) is 5.56 Å². The molecule has 154 valence electrons. The number of benzene rings is 2. The lowest BCUT2D eigenvalue weighted by Crippen LogP contribution is -2.23. The molecule has 0 radical (unpaired) electrons. The van der Waals surface area contributed by atoms with Crippen molar-refractivity contribution in [1.82, 2.24) is 9.78 Å². The van der Waals surface area contributed by atoms with Crippen LogP contribution in [0.1, 0.15) is 12.8 Å². The number of aryl methyl sites for hydroxylation is 1. The zero-order valence-corrected chi connectivity index (χ0v) is 16.5. The van der Waals surface area contributed by atoms with Gasteiger partial charge in [0.05, 0.1) is 12.8 Å². The fraction of sp³-hybridized carbons (Fsp3) is 0.227. The van der Waals surface area contributed by atoms with Crippen LogP contribution >= 0.6 is 0 Å². The first-order chi connectivity index (χ1) is 14.6. The average molecular weight is 407 g/mol. The van der Waals surface area contributed by atoms with Gasteiger partial charge in [0.15, 0.2) is 11.5 Å². The van der Waals surface area contributed by atoms with E-state index >= 15 is 0 Å². The maximum atomic E-state index is 12.2. The molecule has 0 aliphatic carbocycles. The molecule has 1 amide bonds. The van der Waals surface area contributed by atoms with E-state index < -0.39 is 0 Å². The number of methoxy groups -OCH3 is 1. The molecule has 0 unspecified atom stereocenters. The molecule has 1 aliphatic rings. The molecule has 1 N–H and O–H groups in total. The Morgan fingerprint density at radius 2 is 1.90 bits per heavy atom. The van der Waals surface area contributed by atoms with Crippen molar-refractivity contribution in [2.75, 3.05) is 19.2 Å². The van der Waals surface area contributed by atoms with Crippen LogP contribution in [0.5, 0.6) is 17.2 Å². The maximum Gasteiger partial charge on any atom is 0.266 e. The number of hydrogen-bond acceptors (Lipinski definition) is 6. The number of carbonyl (C=O) groups excluding carboxylic acids is 1. The molecule has 8 heteroatoms. The van der Waals surface area contributed by atoms with Crippen molar-refractivity contribution >= 4 is 11.6 Å². The molecule has 8 nitrogen and oxygen atoms in total. The summed E-state index contributed by atoms with van der Waals surface area (Å²) in [7, 11) is 1.61. The SMILES string of the molecule is COc1ccc(-c2ccc(=O)n(CCCC(=O)Nc3ccc4c(c3)OCO4)n2)cc1. The van der Waals surface area contributed by atoms with E-state index in [1.807, 2.05) is 24.3 Å². The number of nitrogens with zero attached hydrogens (tertiary/aromatic N) is 2. The molecule has 2 heterocycles. The fourth-order valence-corrected chi connectivity index (χ4v) is 3.11. The van der Waals surface area contributed by atoms with Gasteiger partial charge >= 0.3 is 0 Å². The number of hydrogen-bond donors (Lipinski definition) is 1. The van der Waals surface area contributed by atoms with Gasteiger partial charge in [-0.2, -0.15) is 5.10 Å². The van der Waals surface area contributed by atoms with Gasteiger partial charge in [-0.1, -0.05) is 0 Å². The molecular formula is C22H21N3O5. The van der Waals surface area contributed by atoms with E-state index in [-0.39, 0.29) is 24.7 Å². The molecule has 0 fully saturated rings. The average Bonchev–Trinajstić information content (AvgIpc) is 3.23. The number of ether oxygens (including phenoxy) is 3. The standard InChI is InChI=1S/C22H21N3O5/c1-28-17-7-4-15(5-8-17)18-9-11-22(27)25(24-18)12-2-3-21(26)23-16-6-10-19-20(13-16)30-14-29-19/h4-11,13H,2-3,12,14H2,1H3,(H,23,26). The van der Waals surface area contributed by atoms with E-state index in [1.54, 1.807) is 31.4 Å². The monoisotopic (exact) mass is 407 g/mol. The van der Waals surface area contributed by atoms with Crippen molar-refractivity contribution < 1.29 is 19.0 Å². The third kappa shape index (κ3) is 4.43. The van der Waals surface area contributed by atoms with Crippen LogP contribution in [0.4, 0.5) is 5.69 Å². The van der Waals surface area contributed by atoms with E-state index in [4.69, 9.17) is 14.2 Å². The van der Waals surface area contributed by atoms with Crippen LogP contribution in [-0.4, -0.2) is 29.6 Å². The molecule has 2 aromatic carbocycles. The van der Waals surface area contributed by atoms with E-state index in [0.717, 1.165) is 11.3 Å². The largest absolute Gasteiger partial charge is 0.497 e. The third-order valence-electron chi connectivity index (χ3n) is 4.68. The van der Waals surface area contributed by atoms with Crippen LogP contribution in [0, 0.1) is 0 Å². The molecule has 4 rings (SSSR count). The topological polar surface area (TPSA) is 91.7 Å². The normalized spacial score (nSPS) is 11.9. The van der Waals surface area contributed by atoms with E-state index in [0.29, 0.717) is 35.8 Å². The lowest BCUT2D eigenvalue weighted by atomic mass is 10.1. The first-order valence-electron chi connectivity index (χ1n) is 9.54. The summed E-state index contributed by atoms with van der Waals surface area (Å²) < 4.78 is 17.1. The first kappa shape index (κ1) is 19.5. The number of fused-ring (bicyclic) bond motifs is 1. The fourth-order valence-electron chi connectivity index (χ4n) is 3.11. The van der Waals surface area contributed by atoms with E-state index in [1.165, 1.54) is 10.7 Å². The lowest BCUT2D eigenvalue weighted by molar-refractivity contribution is -0.116. The van der Waals surface area contributed by atoms with Crippen LogP contribution in [0.3, 0.4) is 0 Å². The highest BCUT2D eigenvalue weighted by Gasteiger charge is 2.14. The zero-order chi connectivity index (χ0) is 20.9. The maximum absolute atomic E-state index is 12.2. The van der Waals surface area contributed by atoms with E-state index in [9.17, 15) is 9.59 Å². The van der Waals surface area contributed by atoms with Crippen molar-refractivity contribution in [3.63, 3.8) is 0 Å². The number of nitrogens with one attached hydrogen (secondary N) is 1. The third-order valence-corrected chi connectivity index (χ3v) is 4.68. The minimum Gasteiger partial charge on any atom is -0.497 e. The second kappa shape index (κ2) is 8.69. The highest BCUT2D eigenvalue weighted by atomic mass is 16.7. The van der Waals surface area contributed by atoms with Gasteiger partial charge in [-0.05, 0) is 48.9 Å². The predicted octanol–water partition coefficient (Wildman–Crippen LogP) is 3.07. The Kier molecular flexibility index (Phi) is 5.65. The van der Waals surface area contributed by atoms with Crippen molar-refractivity contribution in [2.45, 2.75) is 19.4 Å². The summed E-state index contributed by atoms with van der Waals surface area (Å²) in [6.07, 6.45) is 0.741. The van der Waals surface area contributed by atoms with Gasteiger partial charge in [-0.3, -0.25) is 9.59 Å². The molecule has 0 spiro atoms. The number of anilines is 1. The molecule has 30 heavy (non-hydrogen) atoms. The summed E-state index contributed by atoms with van der Waals surface area (Å²) in [4.78, 5) is 24.4. The van der Waals surface area contributed by atoms with Crippen LogP contribution in [0.2, 0.25) is 0 Å². The molecule has 0 atom stereocenters. The summed E-state index contributed by atoms with van der Waals surface area (Å²) >= 11 is 0. The molecule has 0 saturated heterocycles. The van der Waals surface area contributed by atoms with Crippen molar-refractivity contribution in [1.29, 1.82) is 0 Å². The summed E-state index contributed by atoms with van der Waals surface area (Å²) in [6, 6.07) is 15.9. The molecule has 1 aliphatic heterocycles. The van der Waals surface area contributed by atoms with Gasteiger partial charge in [-0.25, -0.2) is 4.68 Å². The minimum absolute atomic E-state index is 0.145. The van der Waals surface area contributed by atoms with Gasteiger partial charge < -0.3 is 19.5 Å². The Bertz CT molecular complexity index is 1110. The quantitative estimate of drug-likeness (QED) is 0.647. The molecule has 3 aromatic rings. The lowest BCUT2D eigenvalue weighted by Gasteiger charge is -2.09. The Morgan fingerprint density at radius 3 is 2.70 bits per heavy atom. The Balaban J connectivity index is 1.35. The second-order valence-corrected chi connectivity index (χ2v) is 6.73. The first-order valence-corrected chi connectivity index (χ1v) is 9.54. The van der Waals surface area contributed by atoms with Crippen LogP contribution in [0.15, 0.2) is 59.4 Å². The minimum atomic E-state index is -0.205. The Hall–Kier alpha value is -3.81. The highest BCUT2D eigenvalue weighted by Crippen LogP contribution is 2.34. The van der Waals surface area contributed by atoms with Crippen LogP contribution in [0.25, 0.3) is 11.3 Å². The van der Waals surface area contributed by atoms with E-state index in [2.05, 4.69) is 10.4 Å². The molecule has 0 bridgehead atoms. The zero-order valence-electron chi connectivity index (χ0n) is 16.5. The number of carbonyl (C=O) groups is 1. The second-order valence-electron chi connectivity index (χ2n) is 6.73. The van der Waals surface area contributed by atoms with Crippen LogP contribution in [-0.2, 0) is 11.3 Å². The Labute approximate surface area is 173 Å². The van der Waals surface area contributed by atoms with Crippen molar-refractivity contribution in [3.8, 4) is 28.5 Å². The van der Waals surface area contributed by atoms with Crippen LogP contribution < -0.4 is 25.1 Å². The van der Waals surface area contributed by atoms with Gasteiger partial charge in [0, 0.05) is 36.3 Å². The summed E-state index contributed by atoms with van der Waals surface area (Å²) in [5, 5.41) is 7.25. The molecular weight excluding hydrogens is 386 g/mol. The molecule has 0 saturated carbocycles. The van der Waals surface area contributed by atoms with Crippen molar-refractivity contribution in [2.24, 2.45) is 0 Å². The number of aromatic nitrogens is 2. The van der Waals surface area contributed by atoms with Gasteiger partial charge in [0.2, 0.25) is 12.7 Å². The summed E-state index contributed by atoms with van der Waals surface area (Å²) in [5.74, 6) is 1.88. The predicted molar refractivity (Wildman–Crippen MR) is 111 cm³/mol. The summed E-state index contributed by atoms with van der Waals surface area (Å²) in [5.41, 5.74) is 2.00.